The van der Waals surface area contributed by atoms with Crippen LogP contribution in [0.2, 0.25) is 0 Å². The van der Waals surface area contributed by atoms with Crippen LogP contribution in [0.1, 0.15) is 18.9 Å². The van der Waals surface area contributed by atoms with E-state index in [2.05, 4.69) is 17.4 Å². The van der Waals surface area contributed by atoms with Gasteiger partial charge in [0.15, 0.2) is 6.61 Å². The van der Waals surface area contributed by atoms with Crippen molar-refractivity contribution in [2.75, 3.05) is 6.61 Å². The zero-order valence-electron chi connectivity index (χ0n) is 14.4. The third kappa shape index (κ3) is 4.83. The first-order chi connectivity index (χ1) is 12.2. The summed E-state index contributed by atoms with van der Waals surface area (Å²) in [5, 5.41) is 5.14. The van der Waals surface area contributed by atoms with Crippen LogP contribution in [0.4, 0.5) is 0 Å². The van der Waals surface area contributed by atoms with Crippen molar-refractivity contribution < 1.29 is 9.53 Å². The topological polar surface area (TPSA) is 38.3 Å². The number of aryl methyl sites for hydroxylation is 1. The lowest BCUT2D eigenvalue weighted by atomic mass is 10.1. The molecular formula is C22H23NO2. The number of ether oxygens (including phenoxy) is 1. The standard InChI is InChI=1S/C22H23NO2/c1-17(14-15-18-8-3-2-4-9-18)23-22(24)16-25-21-13-7-11-19-10-5-6-12-20(19)21/h2-13,17H,14-16H2,1H3,(H,23,24). The van der Waals surface area contributed by atoms with Crippen LogP contribution in [0.25, 0.3) is 10.8 Å². The zero-order valence-corrected chi connectivity index (χ0v) is 14.4. The second-order valence-corrected chi connectivity index (χ2v) is 6.26. The van der Waals surface area contributed by atoms with Crippen molar-refractivity contribution in [2.24, 2.45) is 0 Å². The Labute approximate surface area is 148 Å². The number of benzene rings is 3. The van der Waals surface area contributed by atoms with Crippen molar-refractivity contribution in [1.82, 2.24) is 5.32 Å². The van der Waals surface area contributed by atoms with Crippen molar-refractivity contribution in [3.05, 3.63) is 78.4 Å². The van der Waals surface area contributed by atoms with E-state index in [0.29, 0.717) is 0 Å². The molecule has 3 aromatic rings. The quantitative estimate of drug-likeness (QED) is 0.698. The Morgan fingerprint density at radius 2 is 1.68 bits per heavy atom. The summed E-state index contributed by atoms with van der Waals surface area (Å²) >= 11 is 0. The molecule has 1 atom stereocenters. The Morgan fingerprint density at radius 3 is 2.52 bits per heavy atom. The van der Waals surface area contributed by atoms with E-state index < -0.39 is 0 Å². The highest BCUT2D eigenvalue weighted by Crippen LogP contribution is 2.24. The highest BCUT2D eigenvalue weighted by molar-refractivity contribution is 5.88. The number of hydrogen-bond donors (Lipinski definition) is 1. The van der Waals surface area contributed by atoms with Crippen LogP contribution in [0.5, 0.6) is 5.75 Å². The second kappa shape index (κ2) is 8.34. The Hall–Kier alpha value is -2.81. The summed E-state index contributed by atoms with van der Waals surface area (Å²) in [4.78, 5) is 12.1. The van der Waals surface area contributed by atoms with Gasteiger partial charge in [-0.2, -0.15) is 0 Å². The normalized spacial score (nSPS) is 11.9. The number of carbonyl (C=O) groups excluding carboxylic acids is 1. The van der Waals surface area contributed by atoms with Crippen molar-refractivity contribution in [3.63, 3.8) is 0 Å². The molecule has 0 radical (unpaired) electrons. The molecule has 0 spiro atoms. The first-order valence-electron chi connectivity index (χ1n) is 8.66. The monoisotopic (exact) mass is 333 g/mol. The van der Waals surface area contributed by atoms with E-state index in [0.717, 1.165) is 29.4 Å². The highest BCUT2D eigenvalue weighted by atomic mass is 16.5. The van der Waals surface area contributed by atoms with Gasteiger partial charge in [-0.3, -0.25) is 4.79 Å². The summed E-state index contributed by atoms with van der Waals surface area (Å²) in [6.45, 7) is 2.06. The predicted molar refractivity (Wildman–Crippen MR) is 102 cm³/mol. The minimum absolute atomic E-state index is 0.0314. The van der Waals surface area contributed by atoms with Crippen LogP contribution < -0.4 is 10.1 Å². The van der Waals surface area contributed by atoms with Gasteiger partial charge in [-0.15, -0.1) is 0 Å². The largest absolute Gasteiger partial charge is 0.483 e. The lowest BCUT2D eigenvalue weighted by Crippen LogP contribution is -2.36. The van der Waals surface area contributed by atoms with Gasteiger partial charge >= 0.3 is 0 Å². The summed E-state index contributed by atoms with van der Waals surface area (Å²) in [6.07, 6.45) is 1.86. The smallest absolute Gasteiger partial charge is 0.258 e. The molecule has 0 aliphatic carbocycles. The molecule has 0 fully saturated rings. The SMILES string of the molecule is CC(CCc1ccccc1)NC(=O)COc1cccc2ccccc12. The molecule has 0 saturated heterocycles. The van der Waals surface area contributed by atoms with Crippen LogP contribution in [-0.4, -0.2) is 18.6 Å². The molecule has 0 aliphatic rings. The molecule has 0 saturated carbocycles. The van der Waals surface area contributed by atoms with Crippen LogP contribution in [0.3, 0.4) is 0 Å². The Bertz CT molecular complexity index is 824. The molecular weight excluding hydrogens is 310 g/mol. The minimum atomic E-state index is -0.0894. The van der Waals surface area contributed by atoms with Crippen LogP contribution in [0.15, 0.2) is 72.8 Å². The van der Waals surface area contributed by atoms with E-state index in [1.165, 1.54) is 5.56 Å². The maximum Gasteiger partial charge on any atom is 0.258 e. The minimum Gasteiger partial charge on any atom is -0.483 e. The third-order valence-electron chi connectivity index (χ3n) is 4.22. The first kappa shape index (κ1) is 17.0. The third-order valence-corrected chi connectivity index (χ3v) is 4.22. The van der Waals surface area contributed by atoms with Crippen LogP contribution in [-0.2, 0) is 11.2 Å². The number of rotatable bonds is 7. The molecule has 0 aromatic heterocycles. The molecule has 3 heteroatoms. The lowest BCUT2D eigenvalue weighted by Gasteiger charge is -2.15. The second-order valence-electron chi connectivity index (χ2n) is 6.26. The maximum absolute atomic E-state index is 12.1. The molecule has 1 N–H and O–H groups in total. The van der Waals surface area contributed by atoms with E-state index in [4.69, 9.17) is 4.74 Å². The average Bonchev–Trinajstić information content (AvgIpc) is 2.65. The fourth-order valence-corrected chi connectivity index (χ4v) is 2.88. The summed E-state index contributed by atoms with van der Waals surface area (Å²) in [7, 11) is 0. The van der Waals surface area contributed by atoms with Crippen molar-refractivity contribution in [3.8, 4) is 5.75 Å². The summed E-state index contributed by atoms with van der Waals surface area (Å²) in [6, 6.07) is 24.3. The number of amides is 1. The van der Waals surface area contributed by atoms with E-state index >= 15 is 0 Å². The van der Waals surface area contributed by atoms with Gasteiger partial charge in [-0.1, -0.05) is 66.7 Å². The first-order valence-corrected chi connectivity index (χ1v) is 8.66. The van der Waals surface area contributed by atoms with Gasteiger partial charge in [0.25, 0.3) is 5.91 Å². The van der Waals surface area contributed by atoms with Crippen LogP contribution >= 0.6 is 0 Å². The molecule has 3 nitrogen and oxygen atoms in total. The van der Waals surface area contributed by atoms with E-state index in [1.807, 2.05) is 67.6 Å². The van der Waals surface area contributed by atoms with E-state index in [9.17, 15) is 4.79 Å². The maximum atomic E-state index is 12.1. The lowest BCUT2D eigenvalue weighted by molar-refractivity contribution is -0.123. The molecule has 0 aliphatic heterocycles. The Morgan fingerprint density at radius 1 is 0.960 bits per heavy atom. The van der Waals surface area contributed by atoms with E-state index in [-0.39, 0.29) is 18.6 Å². The Kier molecular flexibility index (Phi) is 5.68. The van der Waals surface area contributed by atoms with E-state index in [1.54, 1.807) is 0 Å². The van der Waals surface area contributed by atoms with Crippen molar-refractivity contribution >= 4 is 16.7 Å². The molecule has 1 unspecified atom stereocenters. The number of nitrogens with one attached hydrogen (secondary N) is 1. The number of carbonyl (C=O) groups is 1. The van der Waals surface area contributed by atoms with Gasteiger partial charge in [-0.25, -0.2) is 0 Å². The summed E-state index contributed by atoms with van der Waals surface area (Å²) < 4.78 is 5.73. The van der Waals surface area contributed by atoms with Crippen molar-refractivity contribution in [2.45, 2.75) is 25.8 Å². The molecule has 0 bridgehead atoms. The van der Waals surface area contributed by atoms with Gasteiger partial charge in [-0.05, 0) is 36.8 Å². The Balaban J connectivity index is 1.49. The highest BCUT2D eigenvalue weighted by Gasteiger charge is 2.09. The molecule has 1 amide bonds. The number of hydrogen-bond acceptors (Lipinski definition) is 2. The van der Waals surface area contributed by atoms with Gasteiger partial charge in [0.2, 0.25) is 0 Å². The average molecular weight is 333 g/mol. The van der Waals surface area contributed by atoms with Gasteiger partial charge in [0, 0.05) is 11.4 Å². The fraction of sp³-hybridized carbons (Fsp3) is 0.227. The molecule has 0 heterocycles. The van der Waals surface area contributed by atoms with Crippen molar-refractivity contribution in [1.29, 1.82) is 0 Å². The van der Waals surface area contributed by atoms with Gasteiger partial charge < -0.3 is 10.1 Å². The fourth-order valence-electron chi connectivity index (χ4n) is 2.88. The molecule has 25 heavy (non-hydrogen) atoms. The predicted octanol–water partition coefficient (Wildman–Crippen LogP) is 4.36. The zero-order chi connectivity index (χ0) is 17.5. The summed E-state index contributed by atoms with van der Waals surface area (Å²) in [5.41, 5.74) is 1.29. The molecule has 128 valence electrons. The van der Waals surface area contributed by atoms with Crippen LogP contribution in [0, 0.1) is 0 Å². The summed E-state index contributed by atoms with van der Waals surface area (Å²) in [5.74, 6) is 0.652. The molecule has 3 rings (SSSR count). The van der Waals surface area contributed by atoms with Gasteiger partial charge in [0.05, 0.1) is 0 Å². The van der Waals surface area contributed by atoms with Gasteiger partial charge in [0.1, 0.15) is 5.75 Å². The number of fused-ring (bicyclic) bond motifs is 1. The molecule has 3 aromatic carbocycles.